The Morgan fingerprint density at radius 1 is 1.19 bits per heavy atom. The number of nitrogens with zero attached hydrogens (tertiary/aromatic N) is 1. The van der Waals surface area contributed by atoms with Crippen molar-refractivity contribution < 1.29 is 14.3 Å². The molecule has 2 saturated heterocycles. The minimum absolute atomic E-state index is 0.0150. The van der Waals surface area contributed by atoms with E-state index >= 15 is 0 Å². The van der Waals surface area contributed by atoms with E-state index in [1.54, 1.807) is 12.4 Å². The van der Waals surface area contributed by atoms with Gasteiger partial charge in [0.25, 0.3) is 0 Å². The summed E-state index contributed by atoms with van der Waals surface area (Å²) in [6, 6.07) is 3.95. The third kappa shape index (κ3) is 3.60. The molecule has 1 aromatic rings. The van der Waals surface area contributed by atoms with Gasteiger partial charge >= 0.3 is 0 Å². The highest BCUT2D eigenvalue weighted by atomic mass is 16.5. The van der Waals surface area contributed by atoms with Gasteiger partial charge in [-0.1, -0.05) is 0 Å². The smallest absolute Gasteiger partial charge is 0.225 e. The van der Waals surface area contributed by atoms with Crippen LogP contribution in [0.3, 0.4) is 0 Å². The van der Waals surface area contributed by atoms with Gasteiger partial charge in [0.15, 0.2) is 0 Å². The Balaban J connectivity index is 1.65. The van der Waals surface area contributed by atoms with E-state index in [1.165, 1.54) is 0 Å². The van der Waals surface area contributed by atoms with Gasteiger partial charge < -0.3 is 14.8 Å². The predicted octanol–water partition coefficient (Wildman–Crippen LogP) is 1.84. The second-order valence-electron chi connectivity index (χ2n) is 5.74. The minimum atomic E-state index is -0.0739. The zero-order valence-corrected chi connectivity index (χ0v) is 12.2. The maximum atomic E-state index is 12.4. The third-order valence-corrected chi connectivity index (χ3v) is 4.22. The van der Waals surface area contributed by atoms with Crippen molar-refractivity contribution in [2.24, 2.45) is 5.92 Å². The van der Waals surface area contributed by atoms with Crippen LogP contribution in [0.4, 0.5) is 0 Å². The average molecular weight is 290 g/mol. The largest absolute Gasteiger partial charge is 0.381 e. The van der Waals surface area contributed by atoms with Crippen molar-refractivity contribution in [3.63, 3.8) is 0 Å². The summed E-state index contributed by atoms with van der Waals surface area (Å²) >= 11 is 0. The molecular weight excluding hydrogens is 268 g/mol. The molecular formula is C16H22N2O3. The van der Waals surface area contributed by atoms with Crippen molar-refractivity contribution in [3.8, 4) is 0 Å². The topological polar surface area (TPSA) is 60.5 Å². The fourth-order valence-electron chi connectivity index (χ4n) is 3.06. The summed E-state index contributed by atoms with van der Waals surface area (Å²) in [5.41, 5.74) is 1.08. The standard InChI is InChI=1S/C16H22N2O3/c19-16(13-3-1-9-20-11-13)18-14-4-2-10-21-15(14)12-5-7-17-8-6-12/h5-8,13-15H,1-4,9-11H2,(H,18,19)/t13-,14+,15-/m1/s1. The van der Waals surface area contributed by atoms with Crippen LogP contribution in [0, 0.1) is 5.92 Å². The van der Waals surface area contributed by atoms with E-state index in [4.69, 9.17) is 9.47 Å². The number of pyridine rings is 1. The first-order valence-corrected chi connectivity index (χ1v) is 7.74. The molecule has 5 heteroatoms. The Labute approximate surface area is 125 Å². The van der Waals surface area contributed by atoms with Crippen molar-refractivity contribution in [2.75, 3.05) is 19.8 Å². The first-order chi connectivity index (χ1) is 10.3. The summed E-state index contributed by atoms with van der Waals surface area (Å²) in [7, 11) is 0. The van der Waals surface area contributed by atoms with Gasteiger partial charge in [-0.05, 0) is 43.4 Å². The zero-order valence-electron chi connectivity index (χ0n) is 12.2. The monoisotopic (exact) mass is 290 g/mol. The van der Waals surface area contributed by atoms with Crippen LogP contribution in [0.5, 0.6) is 0 Å². The van der Waals surface area contributed by atoms with Crippen molar-refractivity contribution in [2.45, 2.75) is 37.8 Å². The summed E-state index contributed by atoms with van der Waals surface area (Å²) < 4.78 is 11.3. The van der Waals surface area contributed by atoms with E-state index in [0.717, 1.165) is 44.5 Å². The number of carbonyl (C=O) groups excluding carboxylic acids is 1. The fourth-order valence-corrected chi connectivity index (χ4v) is 3.06. The van der Waals surface area contributed by atoms with Gasteiger partial charge in [0, 0.05) is 25.6 Å². The summed E-state index contributed by atoms with van der Waals surface area (Å²) in [6.07, 6.45) is 7.27. The molecule has 0 unspecified atom stereocenters. The molecule has 0 radical (unpaired) electrons. The van der Waals surface area contributed by atoms with Gasteiger partial charge in [-0.2, -0.15) is 0 Å². The molecule has 3 rings (SSSR count). The zero-order chi connectivity index (χ0) is 14.5. The number of rotatable bonds is 3. The highest BCUT2D eigenvalue weighted by Crippen LogP contribution is 2.28. The molecule has 0 spiro atoms. The molecule has 114 valence electrons. The van der Waals surface area contributed by atoms with Crippen molar-refractivity contribution >= 4 is 5.91 Å². The second-order valence-corrected chi connectivity index (χ2v) is 5.74. The summed E-state index contributed by atoms with van der Waals surface area (Å²) in [6.45, 7) is 2.06. The van der Waals surface area contributed by atoms with Crippen LogP contribution in [0.2, 0.25) is 0 Å². The van der Waals surface area contributed by atoms with Gasteiger partial charge in [-0.3, -0.25) is 9.78 Å². The third-order valence-electron chi connectivity index (χ3n) is 4.22. The first-order valence-electron chi connectivity index (χ1n) is 7.74. The van der Waals surface area contributed by atoms with Crippen molar-refractivity contribution in [1.29, 1.82) is 0 Å². The van der Waals surface area contributed by atoms with E-state index in [1.807, 2.05) is 12.1 Å². The molecule has 0 bridgehead atoms. The Bertz CT molecular complexity index is 460. The van der Waals surface area contributed by atoms with Gasteiger partial charge in [0.2, 0.25) is 5.91 Å². The molecule has 1 amide bonds. The van der Waals surface area contributed by atoms with E-state index in [0.29, 0.717) is 6.61 Å². The maximum Gasteiger partial charge on any atom is 0.225 e. The van der Waals surface area contributed by atoms with E-state index in [9.17, 15) is 4.79 Å². The molecule has 1 aromatic heterocycles. The molecule has 2 aliphatic heterocycles. The SMILES string of the molecule is O=C(N[C@H]1CCCO[C@@H]1c1ccncc1)[C@@H]1CCCOC1. The number of hydrogen-bond acceptors (Lipinski definition) is 4. The summed E-state index contributed by atoms with van der Waals surface area (Å²) in [5, 5.41) is 3.17. The molecule has 1 N–H and O–H groups in total. The lowest BCUT2D eigenvalue weighted by atomic mass is 9.95. The highest BCUT2D eigenvalue weighted by molar-refractivity contribution is 5.79. The average Bonchev–Trinajstić information content (AvgIpc) is 2.57. The van der Waals surface area contributed by atoms with Crippen LogP contribution in [0.1, 0.15) is 37.4 Å². The van der Waals surface area contributed by atoms with Crippen LogP contribution in [0.15, 0.2) is 24.5 Å². The molecule has 0 aliphatic carbocycles. The molecule has 2 fully saturated rings. The minimum Gasteiger partial charge on any atom is -0.381 e. The van der Waals surface area contributed by atoms with Gasteiger partial charge in [-0.25, -0.2) is 0 Å². The number of hydrogen-bond donors (Lipinski definition) is 1. The lowest BCUT2D eigenvalue weighted by Crippen LogP contribution is -2.46. The molecule has 5 nitrogen and oxygen atoms in total. The number of aromatic nitrogens is 1. The number of amides is 1. The quantitative estimate of drug-likeness (QED) is 0.923. The Morgan fingerprint density at radius 2 is 2.00 bits per heavy atom. The molecule has 3 heterocycles. The van der Waals surface area contributed by atoms with Crippen LogP contribution >= 0.6 is 0 Å². The molecule has 3 atom stereocenters. The van der Waals surface area contributed by atoms with Crippen molar-refractivity contribution in [3.05, 3.63) is 30.1 Å². The van der Waals surface area contributed by atoms with Crippen LogP contribution in [-0.4, -0.2) is 36.8 Å². The van der Waals surface area contributed by atoms with Gasteiger partial charge in [0.1, 0.15) is 6.10 Å². The van der Waals surface area contributed by atoms with Crippen LogP contribution in [0.25, 0.3) is 0 Å². The molecule has 21 heavy (non-hydrogen) atoms. The van der Waals surface area contributed by atoms with E-state index in [-0.39, 0.29) is 24.0 Å². The Kier molecular flexibility index (Phi) is 4.83. The van der Waals surface area contributed by atoms with Crippen LogP contribution in [-0.2, 0) is 14.3 Å². The Hall–Kier alpha value is -1.46. The number of carbonyl (C=O) groups is 1. The van der Waals surface area contributed by atoms with Crippen LogP contribution < -0.4 is 5.32 Å². The molecule has 0 aromatic carbocycles. The van der Waals surface area contributed by atoms with Gasteiger partial charge in [0.05, 0.1) is 18.6 Å². The number of ether oxygens (including phenoxy) is 2. The lowest BCUT2D eigenvalue weighted by Gasteiger charge is -2.34. The van der Waals surface area contributed by atoms with Gasteiger partial charge in [-0.15, -0.1) is 0 Å². The Morgan fingerprint density at radius 3 is 2.76 bits per heavy atom. The van der Waals surface area contributed by atoms with E-state index in [2.05, 4.69) is 10.3 Å². The van der Waals surface area contributed by atoms with E-state index < -0.39 is 0 Å². The number of nitrogens with one attached hydrogen (secondary N) is 1. The summed E-state index contributed by atoms with van der Waals surface area (Å²) in [4.78, 5) is 16.4. The fraction of sp³-hybridized carbons (Fsp3) is 0.625. The summed E-state index contributed by atoms with van der Waals surface area (Å²) in [5.74, 6) is 0.0861. The highest BCUT2D eigenvalue weighted by Gasteiger charge is 2.31. The first kappa shape index (κ1) is 14.5. The maximum absolute atomic E-state index is 12.4. The molecule has 2 aliphatic rings. The predicted molar refractivity (Wildman–Crippen MR) is 77.6 cm³/mol. The second kappa shape index (κ2) is 7.00. The van der Waals surface area contributed by atoms with Crippen molar-refractivity contribution in [1.82, 2.24) is 10.3 Å². The normalized spacial score (nSPS) is 29.8. The molecule has 0 saturated carbocycles. The lowest BCUT2D eigenvalue weighted by molar-refractivity contribution is -0.132.